The number of benzene rings is 3. The first-order valence-corrected chi connectivity index (χ1v) is 11.3. The normalized spacial score (nSPS) is 11.7. The molecule has 0 aliphatic heterocycles. The third-order valence-corrected chi connectivity index (χ3v) is 5.69. The quantitative estimate of drug-likeness (QED) is 0.303. The average Bonchev–Trinajstić information content (AvgIpc) is 3.31. The minimum atomic E-state index is -0.903. The van der Waals surface area contributed by atoms with Gasteiger partial charge in [0.2, 0.25) is 5.88 Å². The third-order valence-electron chi connectivity index (χ3n) is 5.69. The maximum atomic E-state index is 13.1. The van der Waals surface area contributed by atoms with Gasteiger partial charge in [-0.1, -0.05) is 48.5 Å². The number of ether oxygens (including phenoxy) is 1. The standard InChI is InChI=1S/C28H22N4O4/c33-26(34)17-25(19-8-3-1-4-9-19)32-18-30-23-16-20(13-14-24(23)32)31-27(35)22-12-7-15-29-28(22)36-21-10-5-2-6-11-21/h1-16,18,25H,17H2,(H,31,35)(H,33,34). The molecule has 0 fully saturated rings. The predicted octanol–water partition coefficient (Wildman–Crippen LogP) is 5.54. The van der Waals surface area contributed by atoms with Crippen molar-refractivity contribution >= 4 is 28.6 Å². The van der Waals surface area contributed by atoms with Gasteiger partial charge in [-0.2, -0.15) is 0 Å². The summed E-state index contributed by atoms with van der Waals surface area (Å²) in [4.78, 5) is 33.3. The van der Waals surface area contributed by atoms with E-state index in [2.05, 4.69) is 15.3 Å². The van der Waals surface area contributed by atoms with Crippen LogP contribution in [0.5, 0.6) is 11.6 Å². The number of hydrogen-bond donors (Lipinski definition) is 2. The van der Waals surface area contributed by atoms with Gasteiger partial charge in [0.25, 0.3) is 5.91 Å². The molecule has 0 spiro atoms. The number of aliphatic carboxylic acids is 1. The fourth-order valence-corrected chi connectivity index (χ4v) is 4.02. The Labute approximate surface area is 206 Å². The minimum absolute atomic E-state index is 0.0842. The fraction of sp³-hybridized carbons (Fsp3) is 0.0714. The number of aromatic nitrogens is 3. The van der Waals surface area contributed by atoms with Crippen LogP contribution in [-0.2, 0) is 4.79 Å². The van der Waals surface area contributed by atoms with E-state index in [1.54, 1.807) is 48.9 Å². The van der Waals surface area contributed by atoms with Crippen molar-refractivity contribution in [3.05, 3.63) is 115 Å². The van der Waals surface area contributed by atoms with Crippen LogP contribution >= 0.6 is 0 Å². The van der Waals surface area contributed by atoms with E-state index < -0.39 is 12.0 Å². The number of hydrogen-bond acceptors (Lipinski definition) is 5. The molecule has 1 unspecified atom stereocenters. The van der Waals surface area contributed by atoms with Gasteiger partial charge < -0.3 is 19.7 Å². The lowest BCUT2D eigenvalue weighted by atomic mass is 10.0. The SMILES string of the molecule is O=C(O)CC(c1ccccc1)n1cnc2cc(NC(=O)c3cccnc3Oc3ccccc3)ccc21. The van der Waals surface area contributed by atoms with Crippen LogP contribution in [0.2, 0.25) is 0 Å². The summed E-state index contributed by atoms with van der Waals surface area (Å²) in [6.07, 6.45) is 3.11. The summed E-state index contributed by atoms with van der Waals surface area (Å²) in [5.74, 6) is -0.502. The highest BCUT2D eigenvalue weighted by Gasteiger charge is 2.20. The van der Waals surface area contributed by atoms with Crippen molar-refractivity contribution < 1.29 is 19.4 Å². The number of carboxylic acids is 1. The van der Waals surface area contributed by atoms with Crippen LogP contribution < -0.4 is 10.1 Å². The topological polar surface area (TPSA) is 106 Å². The van der Waals surface area contributed by atoms with Crippen molar-refractivity contribution in [1.82, 2.24) is 14.5 Å². The molecule has 0 radical (unpaired) electrons. The molecule has 0 aliphatic carbocycles. The summed E-state index contributed by atoms with van der Waals surface area (Å²) in [5, 5.41) is 12.4. The summed E-state index contributed by atoms with van der Waals surface area (Å²) in [6.45, 7) is 0. The van der Waals surface area contributed by atoms with Crippen molar-refractivity contribution in [3.63, 3.8) is 0 Å². The van der Waals surface area contributed by atoms with Crippen molar-refractivity contribution in [3.8, 4) is 11.6 Å². The lowest BCUT2D eigenvalue weighted by molar-refractivity contribution is -0.137. The number of nitrogens with zero attached hydrogens (tertiary/aromatic N) is 3. The molecule has 1 amide bonds. The Balaban J connectivity index is 1.40. The summed E-state index contributed by atoms with van der Waals surface area (Å²) in [7, 11) is 0. The van der Waals surface area contributed by atoms with Crippen LogP contribution in [0.1, 0.15) is 28.4 Å². The Morgan fingerprint density at radius 3 is 2.42 bits per heavy atom. The highest BCUT2D eigenvalue weighted by atomic mass is 16.5. The molecule has 5 rings (SSSR count). The molecule has 36 heavy (non-hydrogen) atoms. The van der Waals surface area contributed by atoms with Crippen molar-refractivity contribution in [2.75, 3.05) is 5.32 Å². The molecule has 0 saturated carbocycles. The summed E-state index contributed by atoms with van der Waals surface area (Å²) >= 11 is 0. The monoisotopic (exact) mass is 478 g/mol. The molecule has 5 aromatic rings. The average molecular weight is 479 g/mol. The zero-order valence-corrected chi connectivity index (χ0v) is 19.1. The Morgan fingerprint density at radius 1 is 0.917 bits per heavy atom. The van der Waals surface area contributed by atoms with Gasteiger partial charge in [0.1, 0.15) is 11.3 Å². The van der Waals surface area contributed by atoms with Gasteiger partial charge in [-0.05, 0) is 48.0 Å². The molecule has 0 bridgehead atoms. The number of imidazole rings is 1. The maximum Gasteiger partial charge on any atom is 0.305 e. The number of amides is 1. The molecular formula is C28H22N4O4. The van der Waals surface area contributed by atoms with Gasteiger partial charge in [0, 0.05) is 11.9 Å². The van der Waals surface area contributed by atoms with E-state index in [0.717, 1.165) is 11.1 Å². The number of anilines is 1. The molecule has 178 valence electrons. The van der Waals surface area contributed by atoms with E-state index in [1.807, 2.05) is 59.2 Å². The first kappa shape index (κ1) is 22.8. The molecule has 0 aliphatic rings. The van der Waals surface area contributed by atoms with Crippen molar-refractivity contribution in [2.24, 2.45) is 0 Å². The Bertz CT molecular complexity index is 1520. The van der Waals surface area contributed by atoms with E-state index in [4.69, 9.17) is 4.74 Å². The number of carboxylic acid groups (broad SMARTS) is 1. The summed E-state index contributed by atoms with van der Waals surface area (Å²) in [5.41, 5.74) is 3.10. The number of fused-ring (bicyclic) bond motifs is 1. The van der Waals surface area contributed by atoms with Gasteiger partial charge in [-0.15, -0.1) is 0 Å². The number of pyridine rings is 1. The van der Waals surface area contributed by atoms with Crippen LogP contribution in [0.4, 0.5) is 5.69 Å². The molecule has 2 aromatic heterocycles. The van der Waals surface area contributed by atoms with Crippen LogP contribution in [-0.4, -0.2) is 31.5 Å². The van der Waals surface area contributed by atoms with Crippen LogP contribution in [0.15, 0.2) is 104 Å². The van der Waals surface area contributed by atoms with Crippen molar-refractivity contribution in [2.45, 2.75) is 12.5 Å². The van der Waals surface area contributed by atoms with Crippen LogP contribution in [0, 0.1) is 0 Å². The highest BCUT2D eigenvalue weighted by Crippen LogP contribution is 2.29. The zero-order valence-electron chi connectivity index (χ0n) is 19.1. The zero-order chi connectivity index (χ0) is 24.9. The second-order valence-electron chi connectivity index (χ2n) is 8.11. The van der Waals surface area contributed by atoms with Crippen LogP contribution in [0.25, 0.3) is 11.0 Å². The Kier molecular flexibility index (Phi) is 6.40. The van der Waals surface area contributed by atoms with E-state index in [-0.39, 0.29) is 23.8 Å². The molecule has 8 nitrogen and oxygen atoms in total. The number of para-hydroxylation sites is 1. The third kappa shape index (κ3) is 4.92. The van der Waals surface area contributed by atoms with E-state index in [9.17, 15) is 14.7 Å². The minimum Gasteiger partial charge on any atom is -0.481 e. The summed E-state index contributed by atoms with van der Waals surface area (Å²) < 4.78 is 7.65. The first-order chi connectivity index (χ1) is 17.6. The van der Waals surface area contributed by atoms with Crippen molar-refractivity contribution in [1.29, 1.82) is 0 Å². The largest absolute Gasteiger partial charge is 0.481 e. The number of carbonyl (C=O) groups excluding carboxylic acids is 1. The maximum absolute atomic E-state index is 13.1. The first-order valence-electron chi connectivity index (χ1n) is 11.3. The van der Waals surface area contributed by atoms with E-state index in [0.29, 0.717) is 17.0 Å². The van der Waals surface area contributed by atoms with Gasteiger partial charge in [0.15, 0.2) is 0 Å². The van der Waals surface area contributed by atoms with Gasteiger partial charge >= 0.3 is 5.97 Å². The second kappa shape index (κ2) is 10.1. The second-order valence-corrected chi connectivity index (χ2v) is 8.11. The van der Waals surface area contributed by atoms with Crippen LogP contribution in [0.3, 0.4) is 0 Å². The number of rotatable bonds is 8. The molecule has 1 atom stereocenters. The molecule has 2 heterocycles. The lowest BCUT2D eigenvalue weighted by Crippen LogP contribution is -2.15. The molecule has 0 saturated heterocycles. The van der Waals surface area contributed by atoms with E-state index in [1.165, 1.54) is 0 Å². The molecule has 8 heteroatoms. The molecule has 2 N–H and O–H groups in total. The molecular weight excluding hydrogens is 456 g/mol. The number of carbonyl (C=O) groups is 2. The lowest BCUT2D eigenvalue weighted by Gasteiger charge is -2.18. The Hall–Kier alpha value is -4.98. The van der Waals surface area contributed by atoms with Gasteiger partial charge in [0.05, 0.1) is 29.8 Å². The highest BCUT2D eigenvalue weighted by molar-refractivity contribution is 6.06. The fourth-order valence-electron chi connectivity index (χ4n) is 4.02. The van der Waals surface area contributed by atoms with Gasteiger partial charge in [-0.3, -0.25) is 9.59 Å². The smallest absolute Gasteiger partial charge is 0.305 e. The predicted molar refractivity (Wildman–Crippen MR) is 135 cm³/mol. The summed E-state index contributed by atoms with van der Waals surface area (Å²) in [6, 6.07) is 26.8. The Morgan fingerprint density at radius 2 is 1.67 bits per heavy atom. The van der Waals surface area contributed by atoms with Gasteiger partial charge in [-0.25, -0.2) is 9.97 Å². The number of nitrogens with one attached hydrogen (secondary N) is 1. The van der Waals surface area contributed by atoms with E-state index >= 15 is 0 Å². The molecule has 3 aromatic carbocycles.